The quantitative estimate of drug-likeness (QED) is 0.180. The first-order valence-corrected chi connectivity index (χ1v) is 15.6. The van der Waals surface area contributed by atoms with Crippen molar-refractivity contribution in [1.82, 2.24) is 19.8 Å². The number of benzene rings is 1. The third-order valence-electron chi connectivity index (χ3n) is 8.13. The Hall–Kier alpha value is -2.79. The molecule has 0 spiro atoms. The fourth-order valence-electron chi connectivity index (χ4n) is 5.70. The second kappa shape index (κ2) is 13.0. The molecule has 0 saturated heterocycles. The van der Waals surface area contributed by atoms with E-state index in [-0.39, 0.29) is 43.2 Å². The lowest BCUT2D eigenvalue weighted by molar-refractivity contribution is -0.134. The lowest BCUT2D eigenvalue weighted by Crippen LogP contribution is -2.46. The Kier molecular flexibility index (Phi) is 9.43. The first-order chi connectivity index (χ1) is 19.7. The Bertz CT molecular complexity index is 1300. The lowest BCUT2D eigenvalue weighted by Gasteiger charge is -2.38. The van der Waals surface area contributed by atoms with Gasteiger partial charge >= 0.3 is 5.97 Å². The fourth-order valence-corrected chi connectivity index (χ4v) is 7.07. The second-order valence-electron chi connectivity index (χ2n) is 11.3. The van der Waals surface area contributed by atoms with E-state index >= 15 is 0 Å². The summed E-state index contributed by atoms with van der Waals surface area (Å²) in [7, 11) is 0. The number of alkyl halides is 2. The molecule has 0 bridgehead atoms. The van der Waals surface area contributed by atoms with Gasteiger partial charge in [0, 0.05) is 57.0 Å². The van der Waals surface area contributed by atoms with Crippen LogP contribution < -0.4 is 15.6 Å². The minimum Gasteiger partial charge on any atom is -0.427 e. The minimum atomic E-state index is -2.74. The van der Waals surface area contributed by atoms with Crippen molar-refractivity contribution in [2.24, 2.45) is 0 Å². The molecule has 222 valence electrons. The Morgan fingerprint density at radius 1 is 1.15 bits per heavy atom. The smallest absolute Gasteiger partial charge is 0.310 e. The number of rotatable bonds is 10. The van der Waals surface area contributed by atoms with Gasteiger partial charge in [0.15, 0.2) is 5.16 Å². The van der Waals surface area contributed by atoms with Crippen LogP contribution in [0.25, 0.3) is 0 Å². The molecule has 11 heteroatoms. The number of carbonyl (C=O) groups is 2. The summed E-state index contributed by atoms with van der Waals surface area (Å²) >= 11 is 1.58. The van der Waals surface area contributed by atoms with Crippen molar-refractivity contribution in [1.29, 1.82) is 0 Å². The molecule has 1 amide bonds. The molecule has 1 aromatic carbocycles. The zero-order valence-electron chi connectivity index (χ0n) is 23.5. The van der Waals surface area contributed by atoms with Crippen molar-refractivity contribution in [3.8, 4) is 5.75 Å². The first kappa shape index (κ1) is 29.7. The maximum Gasteiger partial charge on any atom is 0.310 e. The summed E-state index contributed by atoms with van der Waals surface area (Å²) in [5.74, 6) is -2.59. The molecule has 8 nitrogen and oxygen atoms in total. The molecule has 41 heavy (non-hydrogen) atoms. The number of aromatic nitrogens is 2. The number of nitrogens with zero attached hydrogens (tertiary/aromatic N) is 3. The average Bonchev–Trinajstić information content (AvgIpc) is 2.95. The molecular formula is C30H38F2N4O4S. The maximum atomic E-state index is 13.8. The van der Waals surface area contributed by atoms with Crippen LogP contribution in [-0.4, -0.2) is 50.6 Å². The van der Waals surface area contributed by atoms with E-state index in [2.05, 4.69) is 5.32 Å². The van der Waals surface area contributed by atoms with Crippen molar-refractivity contribution >= 4 is 23.6 Å². The summed E-state index contributed by atoms with van der Waals surface area (Å²) in [5.41, 5.74) is 1.89. The topological polar surface area (TPSA) is 93.5 Å². The average molecular weight is 589 g/mol. The number of nitrogens with one attached hydrogen (secondary N) is 1. The van der Waals surface area contributed by atoms with Gasteiger partial charge in [0.2, 0.25) is 5.91 Å². The number of amides is 1. The lowest BCUT2D eigenvalue weighted by atomic mass is 9.88. The fraction of sp³-hybridized carbons (Fsp3) is 0.600. The molecule has 0 unspecified atom stereocenters. The highest BCUT2D eigenvalue weighted by Gasteiger charge is 2.48. The Morgan fingerprint density at radius 3 is 2.56 bits per heavy atom. The van der Waals surface area contributed by atoms with Crippen molar-refractivity contribution in [2.45, 2.75) is 107 Å². The van der Waals surface area contributed by atoms with Crippen LogP contribution >= 0.6 is 11.8 Å². The summed E-state index contributed by atoms with van der Waals surface area (Å²) in [6, 6.07) is 6.66. The minimum absolute atomic E-state index is 0.0632. The predicted molar refractivity (Wildman–Crippen MR) is 152 cm³/mol. The highest BCUT2D eigenvalue weighted by Crippen LogP contribution is 2.46. The largest absolute Gasteiger partial charge is 0.427 e. The molecule has 2 aromatic rings. The van der Waals surface area contributed by atoms with Crippen LogP contribution in [-0.2, 0) is 29.1 Å². The molecule has 1 aliphatic heterocycles. The molecule has 3 aliphatic rings. The van der Waals surface area contributed by atoms with Crippen molar-refractivity contribution < 1.29 is 23.1 Å². The number of esters is 1. The first-order valence-electron chi connectivity index (χ1n) is 14.7. The van der Waals surface area contributed by atoms with E-state index in [1.165, 1.54) is 11.0 Å². The summed E-state index contributed by atoms with van der Waals surface area (Å²) in [6.07, 6.45) is 5.98. The molecule has 1 N–H and O–H groups in total. The molecule has 2 fully saturated rings. The number of carbonyl (C=O) groups excluding carboxylic acids is 2. The summed E-state index contributed by atoms with van der Waals surface area (Å²) in [6.45, 7) is 3.40. The van der Waals surface area contributed by atoms with Crippen LogP contribution in [0.15, 0.2) is 34.2 Å². The van der Waals surface area contributed by atoms with E-state index in [1.54, 1.807) is 35.7 Å². The highest BCUT2D eigenvalue weighted by molar-refractivity contribution is 7.99. The molecule has 2 saturated carbocycles. The Balaban J connectivity index is 1.19. The maximum absolute atomic E-state index is 13.8. The molecule has 2 heterocycles. The van der Waals surface area contributed by atoms with Crippen LogP contribution in [0.2, 0.25) is 0 Å². The van der Waals surface area contributed by atoms with E-state index in [4.69, 9.17) is 9.72 Å². The standard InChI is InChI=1S/C30H38F2N4O4S/c1-2-27(38)40-22-10-8-20(9-11-22)18-33-14-12-26(37)35-15-13-25-24(19-35)28(39)36(21-16-30(31,32)17-21)29(34-25)41-23-6-4-3-5-7-23/h8-11,21,23,33H,2-7,12-19H2,1H3. The van der Waals surface area contributed by atoms with Crippen LogP contribution in [0.4, 0.5) is 8.78 Å². The van der Waals surface area contributed by atoms with E-state index in [0.29, 0.717) is 59.9 Å². The number of thioether (sulfide) groups is 1. The van der Waals surface area contributed by atoms with Crippen molar-refractivity contribution in [2.75, 3.05) is 13.1 Å². The van der Waals surface area contributed by atoms with Crippen molar-refractivity contribution in [3.05, 3.63) is 51.4 Å². The van der Waals surface area contributed by atoms with Gasteiger partial charge in [-0.15, -0.1) is 0 Å². The summed E-state index contributed by atoms with van der Waals surface area (Å²) < 4.78 is 34.3. The van der Waals surface area contributed by atoms with E-state index < -0.39 is 12.0 Å². The van der Waals surface area contributed by atoms with Gasteiger partial charge in [-0.2, -0.15) is 0 Å². The molecule has 5 rings (SSSR count). The van der Waals surface area contributed by atoms with Crippen LogP contribution in [0, 0.1) is 0 Å². The van der Waals surface area contributed by atoms with E-state index in [9.17, 15) is 23.2 Å². The summed E-state index contributed by atoms with van der Waals surface area (Å²) in [5, 5.41) is 4.18. The number of ether oxygens (including phenoxy) is 1. The van der Waals surface area contributed by atoms with Gasteiger partial charge < -0.3 is 15.0 Å². The van der Waals surface area contributed by atoms with Gasteiger partial charge in [-0.1, -0.05) is 50.1 Å². The van der Waals surface area contributed by atoms with E-state index in [1.807, 2.05) is 12.1 Å². The third kappa shape index (κ3) is 7.35. The van der Waals surface area contributed by atoms with Gasteiger partial charge in [0.25, 0.3) is 11.5 Å². The molecule has 1 aromatic heterocycles. The Morgan fingerprint density at radius 2 is 1.88 bits per heavy atom. The van der Waals surface area contributed by atoms with Gasteiger partial charge in [0.1, 0.15) is 5.75 Å². The van der Waals surface area contributed by atoms with Gasteiger partial charge in [0.05, 0.1) is 23.8 Å². The monoisotopic (exact) mass is 588 g/mol. The third-order valence-corrected chi connectivity index (χ3v) is 9.43. The predicted octanol–water partition coefficient (Wildman–Crippen LogP) is 5.02. The zero-order chi connectivity index (χ0) is 29.0. The second-order valence-corrected chi connectivity index (χ2v) is 12.5. The van der Waals surface area contributed by atoms with Gasteiger partial charge in [-0.25, -0.2) is 13.8 Å². The van der Waals surface area contributed by atoms with E-state index in [0.717, 1.165) is 31.2 Å². The number of fused-ring (bicyclic) bond motifs is 1. The number of hydrogen-bond acceptors (Lipinski definition) is 7. The highest BCUT2D eigenvalue weighted by atomic mass is 32.2. The Labute approximate surface area is 243 Å². The zero-order valence-corrected chi connectivity index (χ0v) is 24.3. The molecule has 0 radical (unpaired) electrons. The van der Waals surface area contributed by atoms with Crippen LogP contribution in [0.3, 0.4) is 0 Å². The van der Waals surface area contributed by atoms with Crippen LogP contribution in [0.1, 0.15) is 87.6 Å². The number of hydrogen-bond donors (Lipinski definition) is 1. The molecular weight excluding hydrogens is 550 g/mol. The SMILES string of the molecule is CCC(=O)Oc1ccc(CNCCC(=O)N2CCc3nc(SC4CCCCC4)n(C4CC(F)(F)C4)c(=O)c3C2)cc1. The van der Waals surface area contributed by atoms with Gasteiger partial charge in [-0.3, -0.25) is 19.0 Å². The molecule has 2 aliphatic carbocycles. The van der Waals surface area contributed by atoms with Crippen molar-refractivity contribution in [3.63, 3.8) is 0 Å². The van der Waals surface area contributed by atoms with Gasteiger partial charge in [-0.05, 0) is 30.5 Å². The normalized spacial score (nSPS) is 19.0. The summed E-state index contributed by atoms with van der Waals surface area (Å²) in [4.78, 5) is 44.6. The number of halogens is 2. The van der Waals surface area contributed by atoms with Crippen LogP contribution in [0.5, 0.6) is 5.75 Å². The molecule has 0 atom stereocenters.